The average Bonchev–Trinajstić information content (AvgIpc) is 3.00. The Kier molecular flexibility index (Phi) is 5.11. The zero-order valence-electron chi connectivity index (χ0n) is 17.1. The summed E-state index contributed by atoms with van der Waals surface area (Å²) in [6, 6.07) is 4.98. The molecule has 1 fully saturated rings. The van der Waals surface area contributed by atoms with Gasteiger partial charge in [0.05, 0.1) is 31.8 Å². The number of nitrogens with zero attached hydrogens (tertiary/aromatic N) is 1. The average molecular weight is 397 g/mol. The van der Waals surface area contributed by atoms with Gasteiger partial charge in [-0.2, -0.15) is 0 Å². The summed E-state index contributed by atoms with van der Waals surface area (Å²) in [6.45, 7) is 6.28. The first kappa shape index (κ1) is 19.6. The molecular formula is C23H27NO5. The molecule has 1 aromatic rings. The first-order valence-corrected chi connectivity index (χ1v) is 10.1. The van der Waals surface area contributed by atoms with E-state index in [9.17, 15) is 9.59 Å². The van der Waals surface area contributed by atoms with Gasteiger partial charge < -0.3 is 19.1 Å². The fourth-order valence-corrected chi connectivity index (χ4v) is 4.82. The van der Waals surface area contributed by atoms with E-state index in [1.807, 2.05) is 12.1 Å². The summed E-state index contributed by atoms with van der Waals surface area (Å²) in [7, 11) is 3.14. The second kappa shape index (κ2) is 7.58. The molecule has 3 aliphatic rings. The molecule has 2 heterocycles. The molecular weight excluding hydrogens is 370 g/mol. The predicted octanol–water partition coefficient (Wildman–Crippen LogP) is 3.43. The quantitative estimate of drug-likeness (QED) is 0.712. The van der Waals surface area contributed by atoms with Crippen LogP contribution in [0.3, 0.4) is 0 Å². The van der Waals surface area contributed by atoms with Crippen LogP contribution in [0.1, 0.15) is 37.8 Å². The Bertz CT molecular complexity index is 889. The molecule has 0 spiro atoms. The molecule has 1 amide bonds. The predicted molar refractivity (Wildman–Crippen MR) is 108 cm³/mol. The van der Waals surface area contributed by atoms with Crippen molar-refractivity contribution in [3.05, 3.63) is 47.7 Å². The number of methoxy groups -OCH3 is 2. The van der Waals surface area contributed by atoms with Crippen molar-refractivity contribution in [2.75, 3.05) is 20.8 Å². The number of carbonyl (C=O) groups excluding carboxylic acids is 2. The van der Waals surface area contributed by atoms with E-state index in [1.165, 1.54) is 0 Å². The van der Waals surface area contributed by atoms with Gasteiger partial charge in [-0.1, -0.05) is 19.1 Å². The van der Waals surface area contributed by atoms with Gasteiger partial charge in [-0.15, -0.1) is 6.58 Å². The van der Waals surface area contributed by atoms with Gasteiger partial charge in [0.15, 0.2) is 23.0 Å². The van der Waals surface area contributed by atoms with Crippen molar-refractivity contribution in [1.29, 1.82) is 0 Å². The number of rotatable bonds is 5. The van der Waals surface area contributed by atoms with E-state index in [-0.39, 0.29) is 29.5 Å². The fraction of sp³-hybridized carbons (Fsp3) is 0.478. The van der Waals surface area contributed by atoms with Crippen LogP contribution in [0.25, 0.3) is 0 Å². The van der Waals surface area contributed by atoms with Crippen LogP contribution in [0.4, 0.5) is 0 Å². The Balaban J connectivity index is 1.80. The van der Waals surface area contributed by atoms with Crippen molar-refractivity contribution in [3.8, 4) is 11.5 Å². The monoisotopic (exact) mass is 397 g/mol. The van der Waals surface area contributed by atoms with E-state index >= 15 is 0 Å². The van der Waals surface area contributed by atoms with Crippen LogP contribution in [0, 0.1) is 11.8 Å². The van der Waals surface area contributed by atoms with E-state index in [2.05, 4.69) is 13.5 Å². The molecule has 1 aromatic carbocycles. The lowest BCUT2D eigenvalue weighted by Crippen LogP contribution is -2.41. The van der Waals surface area contributed by atoms with Crippen molar-refractivity contribution in [2.45, 2.75) is 38.3 Å². The summed E-state index contributed by atoms with van der Waals surface area (Å²) in [4.78, 5) is 28.4. The molecule has 1 saturated carbocycles. The van der Waals surface area contributed by atoms with E-state index in [4.69, 9.17) is 14.2 Å². The highest BCUT2D eigenvalue weighted by atomic mass is 16.5. The van der Waals surface area contributed by atoms with Gasteiger partial charge in [0, 0.05) is 6.54 Å². The summed E-state index contributed by atoms with van der Waals surface area (Å²) in [5, 5.41) is 0. The number of hydrogen-bond donors (Lipinski definition) is 0. The van der Waals surface area contributed by atoms with Crippen LogP contribution < -0.4 is 9.47 Å². The standard InChI is InChI=1S/C23H27NO5/c1-5-10-24-20(14-7-9-17(27-3)18(12-14)28-4)19-21(25)15-11-13(2)6-8-16(15)29-22(19)23(24)26/h5,7,9,12-13,15-16,20H,1,6,8,10-11H2,2-4H3. The van der Waals surface area contributed by atoms with Crippen LogP contribution in [0.2, 0.25) is 0 Å². The topological polar surface area (TPSA) is 65.1 Å². The lowest BCUT2D eigenvalue weighted by Gasteiger charge is -2.37. The van der Waals surface area contributed by atoms with E-state index in [0.717, 1.165) is 24.8 Å². The highest BCUT2D eigenvalue weighted by Crippen LogP contribution is 2.48. The van der Waals surface area contributed by atoms with Crippen molar-refractivity contribution < 1.29 is 23.8 Å². The van der Waals surface area contributed by atoms with Crippen molar-refractivity contribution in [3.63, 3.8) is 0 Å². The van der Waals surface area contributed by atoms with Crippen molar-refractivity contribution in [1.82, 2.24) is 4.90 Å². The zero-order chi connectivity index (χ0) is 20.7. The first-order valence-electron chi connectivity index (χ1n) is 10.1. The van der Waals surface area contributed by atoms with Gasteiger partial charge in [0.2, 0.25) is 0 Å². The number of benzene rings is 1. The lowest BCUT2D eigenvalue weighted by molar-refractivity contribution is -0.135. The summed E-state index contributed by atoms with van der Waals surface area (Å²) >= 11 is 0. The van der Waals surface area contributed by atoms with Gasteiger partial charge in [-0.25, -0.2) is 0 Å². The molecule has 2 aliphatic heterocycles. The third-order valence-corrected chi connectivity index (χ3v) is 6.25. The van der Waals surface area contributed by atoms with Crippen LogP contribution >= 0.6 is 0 Å². The highest BCUT2D eigenvalue weighted by Gasteiger charge is 2.52. The molecule has 0 saturated heterocycles. The van der Waals surface area contributed by atoms with E-state index in [0.29, 0.717) is 29.5 Å². The van der Waals surface area contributed by atoms with Crippen LogP contribution in [-0.2, 0) is 14.3 Å². The molecule has 4 unspecified atom stereocenters. The summed E-state index contributed by atoms with van der Waals surface area (Å²) in [6.07, 6.45) is 4.10. The zero-order valence-corrected chi connectivity index (χ0v) is 17.1. The Hall–Kier alpha value is -2.76. The maximum atomic E-state index is 13.5. The fourth-order valence-electron chi connectivity index (χ4n) is 4.82. The minimum absolute atomic E-state index is 0.0440. The number of Topliss-reactive ketones (excluding diaryl/α,β-unsaturated/α-hetero) is 1. The Labute approximate surface area is 171 Å². The summed E-state index contributed by atoms with van der Waals surface area (Å²) < 4.78 is 16.9. The number of carbonyl (C=O) groups is 2. The molecule has 0 bridgehead atoms. The van der Waals surface area contributed by atoms with E-state index in [1.54, 1.807) is 31.3 Å². The summed E-state index contributed by atoms with van der Waals surface area (Å²) in [5.74, 6) is 1.46. The maximum Gasteiger partial charge on any atom is 0.290 e. The number of fused-ring (bicyclic) bond motifs is 1. The molecule has 4 atom stereocenters. The van der Waals surface area contributed by atoms with Crippen LogP contribution in [-0.4, -0.2) is 43.5 Å². The van der Waals surface area contributed by atoms with Gasteiger partial charge in [-0.3, -0.25) is 9.59 Å². The Morgan fingerprint density at radius 3 is 2.66 bits per heavy atom. The van der Waals surface area contributed by atoms with Gasteiger partial charge >= 0.3 is 0 Å². The normalized spacial score (nSPS) is 28.6. The number of ketones is 1. The molecule has 1 aliphatic carbocycles. The molecule has 29 heavy (non-hydrogen) atoms. The minimum atomic E-state index is -0.513. The molecule has 6 nitrogen and oxygen atoms in total. The van der Waals surface area contributed by atoms with Crippen molar-refractivity contribution >= 4 is 11.7 Å². The van der Waals surface area contributed by atoms with Crippen molar-refractivity contribution in [2.24, 2.45) is 11.8 Å². The first-order chi connectivity index (χ1) is 14.0. The maximum absolute atomic E-state index is 13.5. The molecule has 6 heteroatoms. The Morgan fingerprint density at radius 2 is 1.97 bits per heavy atom. The van der Waals surface area contributed by atoms with Gasteiger partial charge in [-0.05, 0) is 42.9 Å². The summed E-state index contributed by atoms with van der Waals surface area (Å²) in [5.41, 5.74) is 1.27. The second-order valence-electron chi connectivity index (χ2n) is 8.05. The molecule has 0 aromatic heterocycles. The third kappa shape index (κ3) is 3.11. The SMILES string of the molecule is C=CCN1C(=O)C2=C(C(=O)C3CC(C)CCC3O2)C1c1ccc(OC)c(OC)c1. The van der Waals surface area contributed by atoms with E-state index < -0.39 is 6.04 Å². The molecule has 0 N–H and O–H groups in total. The highest BCUT2D eigenvalue weighted by molar-refractivity contribution is 6.11. The largest absolute Gasteiger partial charge is 0.493 e. The van der Waals surface area contributed by atoms with Gasteiger partial charge in [0.25, 0.3) is 5.91 Å². The minimum Gasteiger partial charge on any atom is -0.493 e. The number of hydrogen-bond acceptors (Lipinski definition) is 5. The third-order valence-electron chi connectivity index (χ3n) is 6.25. The number of amides is 1. The lowest BCUT2D eigenvalue weighted by atomic mass is 9.74. The smallest absolute Gasteiger partial charge is 0.290 e. The van der Waals surface area contributed by atoms with Crippen LogP contribution in [0.15, 0.2) is 42.2 Å². The number of ether oxygens (including phenoxy) is 3. The molecule has 4 rings (SSSR count). The Morgan fingerprint density at radius 1 is 1.21 bits per heavy atom. The second-order valence-corrected chi connectivity index (χ2v) is 8.05. The molecule has 0 radical (unpaired) electrons. The van der Waals surface area contributed by atoms with Gasteiger partial charge in [0.1, 0.15) is 6.10 Å². The van der Waals surface area contributed by atoms with Crippen LogP contribution in [0.5, 0.6) is 11.5 Å². The molecule has 154 valence electrons.